The van der Waals surface area contributed by atoms with Crippen LogP contribution in [0.2, 0.25) is 0 Å². The lowest BCUT2D eigenvalue weighted by Crippen LogP contribution is -2.58. The molecule has 0 saturated carbocycles. The molecule has 0 radical (unpaired) electrons. The van der Waals surface area contributed by atoms with Gasteiger partial charge in [0, 0.05) is 18.7 Å². The second-order valence-corrected chi connectivity index (χ2v) is 21.6. The van der Waals surface area contributed by atoms with Gasteiger partial charge in [-0.05, 0) is 112 Å². The van der Waals surface area contributed by atoms with E-state index in [0.717, 1.165) is 46.6 Å². The molecule has 25 heteroatoms. The number of anilines is 2. The minimum Gasteiger partial charge on any atom is -0.488 e. The first-order chi connectivity index (χ1) is 37.0. The Balaban J connectivity index is 0.923. The molecule has 2 unspecified atom stereocenters. The summed E-state index contributed by atoms with van der Waals surface area (Å²) in [7, 11) is 0. The molecule has 4 heterocycles. The number of carbonyl (C=O) groups excluding carboxylic acids is 4. The smallest absolute Gasteiger partial charge is 0.420 e. The molecule has 0 bridgehead atoms. The number of thiocarbonyl (C=S) groups is 1. The number of nitriles is 1. The SMILES string of the molecule is Cc1ncsc1-c1ccc([C@H](C)NC(=O)C2CCCN2C(=O)C(NC(=O)COCCCCOc2c(F)cc(-c3ncc(N4C(=S)N(c5ccc(C#N)c(C(F)(F)F)c5F)C(=O)C4(C)C)cc3C(F)(F)F)cc2F)C(C)(C)C)cc1. The summed E-state index contributed by atoms with van der Waals surface area (Å²) in [6.07, 6.45) is -8.50. The van der Waals surface area contributed by atoms with E-state index in [2.05, 4.69) is 20.6 Å². The highest BCUT2D eigenvalue weighted by Gasteiger charge is 2.53. The molecule has 2 fully saturated rings. The van der Waals surface area contributed by atoms with E-state index in [1.807, 2.05) is 38.1 Å². The molecule has 5 aromatic rings. The molecule has 3 atom stereocenters. The summed E-state index contributed by atoms with van der Waals surface area (Å²) >= 11 is 6.87. The number of ether oxygens (including phenoxy) is 2. The van der Waals surface area contributed by atoms with Crippen molar-refractivity contribution in [3.05, 3.63) is 112 Å². The summed E-state index contributed by atoms with van der Waals surface area (Å²) in [5, 5.41) is 14.2. The monoisotopic (exact) mass is 1140 g/mol. The number of nitrogens with one attached hydrogen (secondary N) is 2. The van der Waals surface area contributed by atoms with Crippen LogP contribution in [0, 0.1) is 41.1 Å². The first kappa shape index (κ1) is 59.5. The Morgan fingerprint density at radius 2 is 1.58 bits per heavy atom. The summed E-state index contributed by atoms with van der Waals surface area (Å²) < 4.78 is 143. The molecule has 4 amide bonds. The number of likely N-dealkylation sites (tertiary alicyclic amines) is 1. The standard InChI is InChI=1S/C54H53F9N8O6S2/c1-28(30-12-14-31(15-13-30)45-29(2)66-27-79-45)67-47(73)39-11-10-18-69(39)48(74)46(51(3,4)5)68-40(72)26-76-19-8-9-20-77-44-36(55)21-33(22-37(44)56)43-35(53(58,59)60)23-34(25-65-43)71-50(78)70(49(75)52(71,6)7)38-17-16-32(24-64)41(42(38)57)54(61,62)63/h12-17,21-23,25,27-28,39,46H,8-11,18-20,26H2,1-7H3,(H,67,73)(H,68,72)/t28-,39?,46?/m0/s1. The lowest BCUT2D eigenvalue weighted by molar-refractivity contribution is -0.144. The van der Waals surface area contributed by atoms with Crippen LogP contribution in [0.4, 0.5) is 50.9 Å². The van der Waals surface area contributed by atoms with Crippen LogP contribution in [0.25, 0.3) is 21.7 Å². The normalized spacial score (nSPS) is 16.5. The number of hydrogen-bond acceptors (Lipinski definition) is 11. The number of carbonyl (C=O) groups is 4. The molecule has 2 aromatic heterocycles. The van der Waals surface area contributed by atoms with E-state index in [1.165, 1.54) is 11.0 Å². The quantitative estimate of drug-likeness (QED) is 0.0516. The summed E-state index contributed by atoms with van der Waals surface area (Å²) in [4.78, 5) is 66.3. The molecule has 0 aliphatic carbocycles. The van der Waals surface area contributed by atoms with Crippen LogP contribution in [0.15, 0.2) is 66.3 Å². The highest BCUT2D eigenvalue weighted by Crippen LogP contribution is 2.45. The molecule has 420 valence electrons. The molecule has 2 N–H and O–H groups in total. The Labute approximate surface area is 457 Å². The molecule has 0 spiro atoms. The number of aryl methyl sites for hydroxylation is 1. The average Bonchev–Trinajstić information content (AvgIpc) is 4.14. The summed E-state index contributed by atoms with van der Waals surface area (Å²) in [5.74, 6) is -8.23. The van der Waals surface area contributed by atoms with Gasteiger partial charge in [-0.3, -0.25) is 29.1 Å². The van der Waals surface area contributed by atoms with Crippen LogP contribution in [-0.2, 0) is 36.3 Å². The first-order valence-electron chi connectivity index (χ1n) is 24.6. The van der Waals surface area contributed by atoms with Gasteiger partial charge < -0.3 is 29.9 Å². The molecule has 2 saturated heterocycles. The van der Waals surface area contributed by atoms with Gasteiger partial charge in [0.2, 0.25) is 17.7 Å². The molecular weight excluding hydrogens is 1090 g/mol. The predicted molar refractivity (Wildman–Crippen MR) is 278 cm³/mol. The van der Waals surface area contributed by atoms with Gasteiger partial charge in [0.1, 0.15) is 29.8 Å². The minimum atomic E-state index is -5.39. The van der Waals surface area contributed by atoms with Crippen molar-refractivity contribution in [2.24, 2.45) is 5.41 Å². The number of hydrogen-bond donors (Lipinski definition) is 2. The first-order valence-corrected chi connectivity index (χ1v) is 25.9. The summed E-state index contributed by atoms with van der Waals surface area (Å²) in [6, 6.07) is 9.79. The molecule has 2 aliphatic heterocycles. The van der Waals surface area contributed by atoms with Crippen molar-refractivity contribution in [1.82, 2.24) is 25.5 Å². The second kappa shape index (κ2) is 23.3. The molecule has 79 heavy (non-hydrogen) atoms. The Kier molecular flexibility index (Phi) is 17.5. The average molecular weight is 1150 g/mol. The largest absolute Gasteiger partial charge is 0.488 e. The Morgan fingerprint density at radius 1 is 0.924 bits per heavy atom. The van der Waals surface area contributed by atoms with Crippen molar-refractivity contribution >= 4 is 63.7 Å². The highest BCUT2D eigenvalue weighted by atomic mass is 32.1. The summed E-state index contributed by atoms with van der Waals surface area (Å²) in [6.45, 7) is 11.0. The van der Waals surface area contributed by atoms with Gasteiger partial charge in [0.25, 0.3) is 5.91 Å². The summed E-state index contributed by atoms with van der Waals surface area (Å²) in [5.41, 5.74) is -5.99. The lowest BCUT2D eigenvalue weighted by Gasteiger charge is -2.35. The fourth-order valence-corrected chi connectivity index (χ4v) is 10.6. The lowest BCUT2D eigenvalue weighted by atomic mass is 9.85. The van der Waals surface area contributed by atoms with Crippen molar-refractivity contribution in [3.63, 3.8) is 0 Å². The third-order valence-corrected chi connectivity index (χ3v) is 14.7. The fraction of sp³-hybridized carbons (Fsp3) is 0.407. The predicted octanol–water partition coefficient (Wildman–Crippen LogP) is 11.0. The van der Waals surface area contributed by atoms with Crippen LogP contribution >= 0.6 is 23.6 Å². The van der Waals surface area contributed by atoms with Gasteiger partial charge in [-0.15, -0.1) is 11.3 Å². The molecular formula is C54H53F9N8O6S2. The maximum Gasteiger partial charge on any atom is 0.420 e. The van der Waals surface area contributed by atoms with Crippen LogP contribution < -0.4 is 25.2 Å². The van der Waals surface area contributed by atoms with E-state index in [4.69, 9.17) is 21.7 Å². The number of alkyl halides is 6. The number of rotatable bonds is 17. The van der Waals surface area contributed by atoms with Crippen LogP contribution in [0.1, 0.15) is 101 Å². The zero-order chi connectivity index (χ0) is 58.1. The number of unbranched alkanes of at least 4 members (excludes halogenated alkanes) is 1. The van der Waals surface area contributed by atoms with Gasteiger partial charge in [0.05, 0.1) is 69.2 Å². The number of amides is 4. The van der Waals surface area contributed by atoms with Crippen molar-refractivity contribution in [3.8, 4) is 33.5 Å². The Morgan fingerprint density at radius 3 is 2.18 bits per heavy atom. The highest BCUT2D eigenvalue weighted by molar-refractivity contribution is 7.81. The zero-order valence-corrected chi connectivity index (χ0v) is 45.2. The van der Waals surface area contributed by atoms with Crippen molar-refractivity contribution in [2.75, 3.05) is 36.2 Å². The molecule has 3 aromatic carbocycles. The topological polar surface area (TPSA) is 170 Å². The van der Waals surface area contributed by atoms with Crippen LogP contribution in [-0.4, -0.2) is 87.6 Å². The van der Waals surface area contributed by atoms with Gasteiger partial charge in [-0.1, -0.05) is 45.0 Å². The number of pyridine rings is 1. The zero-order valence-electron chi connectivity index (χ0n) is 43.6. The third-order valence-electron chi connectivity index (χ3n) is 13.3. The van der Waals surface area contributed by atoms with E-state index >= 15 is 13.2 Å². The van der Waals surface area contributed by atoms with Gasteiger partial charge in [-0.2, -0.15) is 31.6 Å². The van der Waals surface area contributed by atoms with Crippen LogP contribution in [0.3, 0.4) is 0 Å². The number of aromatic nitrogens is 2. The van der Waals surface area contributed by atoms with Crippen molar-refractivity contribution in [2.45, 2.75) is 110 Å². The number of halogens is 9. The van der Waals surface area contributed by atoms with Gasteiger partial charge in [0.15, 0.2) is 28.3 Å². The molecule has 14 nitrogen and oxygen atoms in total. The van der Waals surface area contributed by atoms with Crippen molar-refractivity contribution in [1.29, 1.82) is 5.26 Å². The number of benzene rings is 3. The Hall–Kier alpha value is -7.17. The third kappa shape index (κ3) is 12.7. The van der Waals surface area contributed by atoms with Gasteiger partial charge >= 0.3 is 12.4 Å². The van der Waals surface area contributed by atoms with E-state index in [-0.39, 0.29) is 38.0 Å². The number of nitrogens with zero attached hydrogens (tertiary/aromatic N) is 6. The Bertz CT molecular complexity index is 3190. The fourth-order valence-electron chi connectivity index (χ4n) is 9.27. The molecule has 7 rings (SSSR count). The van der Waals surface area contributed by atoms with Crippen molar-refractivity contribution < 1.29 is 68.2 Å². The molecule has 2 aliphatic rings. The van der Waals surface area contributed by atoms with E-state index in [0.29, 0.717) is 54.6 Å². The van der Waals surface area contributed by atoms with Crippen LogP contribution in [0.5, 0.6) is 5.75 Å². The van der Waals surface area contributed by atoms with E-state index in [1.54, 1.807) is 37.6 Å². The van der Waals surface area contributed by atoms with E-state index in [9.17, 15) is 50.8 Å². The van der Waals surface area contributed by atoms with E-state index < -0.39 is 127 Å². The van der Waals surface area contributed by atoms with Gasteiger partial charge in [-0.25, -0.2) is 18.2 Å². The minimum absolute atomic E-state index is 0.0201. The number of thiazole rings is 1. The second-order valence-electron chi connectivity index (χ2n) is 20.4. The maximum atomic E-state index is 15.5. The maximum absolute atomic E-state index is 15.5.